The summed E-state index contributed by atoms with van der Waals surface area (Å²) >= 11 is 0. The molecule has 3 heteroatoms. The largest absolute Gasteiger partial charge is 0.397 e. The molecule has 9 atom stereocenters. The summed E-state index contributed by atoms with van der Waals surface area (Å²) in [6, 6.07) is 0. The van der Waals surface area contributed by atoms with Crippen molar-refractivity contribution in [2.75, 3.05) is 13.2 Å². The Hall–Kier alpha value is -0.380. The zero-order valence-electron chi connectivity index (χ0n) is 24.2. The number of fused-ring (bicyclic) bond motifs is 7. The van der Waals surface area contributed by atoms with Crippen molar-refractivity contribution in [2.24, 2.45) is 50.2 Å². The molecule has 0 radical (unpaired) electrons. The standard InChI is InChI=1S/C30H50O2.C2H6O/c1-25(2)14-15-26(3)16-17-29(6)20(21(26)18-25)8-9-23-27(4)12-11-24(32)28(5,19-31)22(27)10-13-30(23,29)7;1-2-3/h8,21-24,31-32H,9-19H2,1-7H3;3H,2H2,1H3/t21-,22+,23+,24-,26+,27-,28+,29+,30+;/m0./s1. The fraction of sp³-hybridized carbons (Fsp3) is 0.938. The van der Waals surface area contributed by atoms with E-state index in [0.29, 0.717) is 33.5 Å². The fourth-order valence-electron chi connectivity index (χ4n) is 10.5. The van der Waals surface area contributed by atoms with E-state index in [1.165, 1.54) is 44.9 Å². The molecule has 0 spiro atoms. The third-order valence-electron chi connectivity index (χ3n) is 13.2. The quantitative estimate of drug-likeness (QED) is 0.344. The lowest BCUT2D eigenvalue weighted by Gasteiger charge is -2.71. The average Bonchev–Trinajstić information content (AvgIpc) is 2.79. The Bertz CT molecular complexity index is 833. The zero-order valence-corrected chi connectivity index (χ0v) is 24.2. The summed E-state index contributed by atoms with van der Waals surface area (Å²) in [7, 11) is 0. The Morgan fingerprint density at radius 3 is 2.09 bits per heavy atom. The maximum atomic E-state index is 10.9. The summed E-state index contributed by atoms with van der Waals surface area (Å²) < 4.78 is 0. The van der Waals surface area contributed by atoms with Gasteiger partial charge in [0.2, 0.25) is 0 Å². The first kappa shape index (κ1) is 27.6. The Morgan fingerprint density at radius 1 is 0.829 bits per heavy atom. The van der Waals surface area contributed by atoms with Crippen molar-refractivity contribution in [3.63, 3.8) is 0 Å². The number of aliphatic hydroxyl groups excluding tert-OH is 3. The number of hydrogen-bond acceptors (Lipinski definition) is 3. The molecule has 0 amide bonds. The van der Waals surface area contributed by atoms with Crippen LogP contribution in [0.4, 0.5) is 0 Å². The minimum Gasteiger partial charge on any atom is -0.397 e. The van der Waals surface area contributed by atoms with Gasteiger partial charge in [-0.15, -0.1) is 0 Å². The molecule has 0 aliphatic heterocycles. The first-order valence-corrected chi connectivity index (χ1v) is 14.8. The van der Waals surface area contributed by atoms with E-state index in [1.807, 2.05) is 5.57 Å². The molecule has 0 bridgehead atoms. The van der Waals surface area contributed by atoms with E-state index in [9.17, 15) is 10.2 Å². The van der Waals surface area contributed by atoms with Gasteiger partial charge in [0.15, 0.2) is 0 Å². The molecule has 5 aliphatic rings. The average molecular weight is 489 g/mol. The second kappa shape index (κ2) is 8.84. The molecule has 4 fully saturated rings. The van der Waals surface area contributed by atoms with Gasteiger partial charge in [0.1, 0.15) is 0 Å². The first-order chi connectivity index (χ1) is 16.2. The van der Waals surface area contributed by atoms with Crippen LogP contribution in [0.15, 0.2) is 11.6 Å². The van der Waals surface area contributed by atoms with E-state index in [1.54, 1.807) is 6.92 Å². The van der Waals surface area contributed by atoms with Gasteiger partial charge < -0.3 is 15.3 Å². The van der Waals surface area contributed by atoms with E-state index in [-0.39, 0.29) is 30.1 Å². The molecule has 5 aliphatic carbocycles. The highest BCUT2D eigenvalue weighted by Crippen LogP contribution is 2.75. The van der Waals surface area contributed by atoms with Crippen molar-refractivity contribution in [2.45, 2.75) is 126 Å². The Morgan fingerprint density at radius 2 is 1.46 bits per heavy atom. The predicted molar refractivity (Wildman–Crippen MR) is 145 cm³/mol. The van der Waals surface area contributed by atoms with Gasteiger partial charge in [0.25, 0.3) is 0 Å². The SMILES string of the molecule is CC1(C)CC[C@]2(C)CC[C@]3(C)C(=CC[C@@H]4[C@@]5(C)CC[C@H](O)[C@](C)(CO)[C@@H]5CC[C@]43C)[C@@H]2C1.CCO. The molecule has 4 saturated carbocycles. The normalized spacial score (nSPS) is 52.5. The summed E-state index contributed by atoms with van der Waals surface area (Å²) in [5, 5.41) is 28.9. The molecular formula is C32H56O3. The van der Waals surface area contributed by atoms with Gasteiger partial charge in [-0.25, -0.2) is 0 Å². The highest BCUT2D eigenvalue weighted by Gasteiger charge is 2.68. The maximum Gasteiger partial charge on any atom is 0.0618 e. The monoisotopic (exact) mass is 488 g/mol. The molecule has 202 valence electrons. The van der Waals surface area contributed by atoms with Gasteiger partial charge in [-0.3, -0.25) is 0 Å². The second-order valence-electron chi connectivity index (χ2n) is 15.4. The van der Waals surface area contributed by atoms with Crippen LogP contribution in [0, 0.1) is 50.2 Å². The molecule has 0 aromatic carbocycles. The van der Waals surface area contributed by atoms with Crippen LogP contribution in [-0.2, 0) is 0 Å². The minimum atomic E-state index is -0.361. The third-order valence-corrected chi connectivity index (χ3v) is 13.2. The van der Waals surface area contributed by atoms with Crippen LogP contribution < -0.4 is 0 Å². The third kappa shape index (κ3) is 3.84. The lowest BCUT2D eigenvalue weighted by atomic mass is 9.33. The Balaban J connectivity index is 0.000000917. The Labute approximate surface area is 216 Å². The van der Waals surface area contributed by atoms with Crippen LogP contribution in [0.2, 0.25) is 0 Å². The van der Waals surface area contributed by atoms with Crippen LogP contribution in [-0.4, -0.2) is 34.6 Å². The maximum absolute atomic E-state index is 10.9. The van der Waals surface area contributed by atoms with Gasteiger partial charge in [-0.1, -0.05) is 60.1 Å². The number of hydrogen-bond donors (Lipinski definition) is 3. The topological polar surface area (TPSA) is 60.7 Å². The van der Waals surface area contributed by atoms with Crippen LogP contribution in [0.5, 0.6) is 0 Å². The second-order valence-corrected chi connectivity index (χ2v) is 15.4. The van der Waals surface area contributed by atoms with E-state index >= 15 is 0 Å². The fourth-order valence-corrected chi connectivity index (χ4v) is 10.5. The van der Waals surface area contributed by atoms with Crippen LogP contribution in [0.25, 0.3) is 0 Å². The van der Waals surface area contributed by atoms with E-state index in [2.05, 4.69) is 54.5 Å². The minimum absolute atomic E-state index is 0.117. The van der Waals surface area contributed by atoms with Crippen LogP contribution in [0.3, 0.4) is 0 Å². The first-order valence-electron chi connectivity index (χ1n) is 14.8. The van der Waals surface area contributed by atoms with Gasteiger partial charge in [0, 0.05) is 12.0 Å². The summed E-state index contributed by atoms with van der Waals surface area (Å²) in [5.41, 5.74) is 3.28. The summed E-state index contributed by atoms with van der Waals surface area (Å²) in [6.45, 7) is 19.7. The van der Waals surface area contributed by atoms with Crippen molar-refractivity contribution in [1.82, 2.24) is 0 Å². The summed E-state index contributed by atoms with van der Waals surface area (Å²) in [5.74, 6) is 1.83. The lowest BCUT2D eigenvalue weighted by Crippen LogP contribution is -2.65. The van der Waals surface area contributed by atoms with Crippen LogP contribution in [0.1, 0.15) is 120 Å². The van der Waals surface area contributed by atoms with Gasteiger partial charge >= 0.3 is 0 Å². The van der Waals surface area contributed by atoms with E-state index in [0.717, 1.165) is 25.2 Å². The molecule has 3 N–H and O–H groups in total. The molecule has 3 nitrogen and oxygen atoms in total. The number of allylic oxidation sites excluding steroid dienone is 2. The van der Waals surface area contributed by atoms with Crippen LogP contribution >= 0.6 is 0 Å². The van der Waals surface area contributed by atoms with Gasteiger partial charge in [-0.2, -0.15) is 0 Å². The molecule has 0 heterocycles. The van der Waals surface area contributed by atoms with Gasteiger partial charge in [-0.05, 0) is 116 Å². The molecule has 5 rings (SSSR count). The molecule has 35 heavy (non-hydrogen) atoms. The smallest absolute Gasteiger partial charge is 0.0618 e. The summed E-state index contributed by atoms with van der Waals surface area (Å²) in [4.78, 5) is 0. The van der Waals surface area contributed by atoms with E-state index in [4.69, 9.17) is 5.11 Å². The van der Waals surface area contributed by atoms with Crippen molar-refractivity contribution < 1.29 is 15.3 Å². The Kier molecular flexibility index (Phi) is 6.98. The highest BCUT2D eigenvalue weighted by molar-refractivity contribution is 5.33. The van der Waals surface area contributed by atoms with Crippen molar-refractivity contribution in [1.29, 1.82) is 0 Å². The van der Waals surface area contributed by atoms with Crippen molar-refractivity contribution in [3.05, 3.63) is 11.6 Å². The number of rotatable bonds is 1. The summed E-state index contributed by atoms with van der Waals surface area (Å²) in [6.07, 6.45) is 14.8. The highest BCUT2D eigenvalue weighted by atomic mass is 16.3. The molecule has 0 aromatic heterocycles. The lowest BCUT2D eigenvalue weighted by molar-refractivity contribution is -0.215. The zero-order chi connectivity index (χ0) is 26.1. The molecule has 0 saturated heterocycles. The molecule has 0 unspecified atom stereocenters. The number of aliphatic hydroxyl groups is 3. The van der Waals surface area contributed by atoms with Gasteiger partial charge in [0.05, 0.1) is 12.7 Å². The van der Waals surface area contributed by atoms with Crippen molar-refractivity contribution >= 4 is 0 Å². The molecule has 0 aromatic rings. The predicted octanol–water partition coefficient (Wildman–Crippen LogP) is 7.14. The molecular weight excluding hydrogens is 432 g/mol. The van der Waals surface area contributed by atoms with E-state index < -0.39 is 0 Å². The van der Waals surface area contributed by atoms with Crippen molar-refractivity contribution in [3.8, 4) is 0 Å².